The number of benzene rings is 1. The average Bonchev–Trinajstić information content (AvgIpc) is 2.05. The van der Waals surface area contributed by atoms with Crippen LogP contribution < -0.4 is 0 Å². The van der Waals surface area contributed by atoms with Crippen molar-refractivity contribution in [1.82, 2.24) is 0 Å². The van der Waals surface area contributed by atoms with Gasteiger partial charge in [-0.05, 0) is 17.2 Å². The first-order valence-electron chi connectivity index (χ1n) is 3.14. The largest absolute Gasteiger partial charge is 0.246 e. The molecule has 0 atom stereocenters. The van der Waals surface area contributed by atoms with Gasteiger partial charge in [0.25, 0.3) is 0 Å². The molecule has 0 aliphatic carbocycles. The maximum Gasteiger partial charge on any atom is 0.115 e. The molecule has 0 saturated heterocycles. The van der Waals surface area contributed by atoms with Crippen LogP contribution in [-0.4, -0.2) is 0 Å². The fourth-order valence-corrected chi connectivity index (χ4v) is 0.803. The number of halogens is 1. The highest BCUT2D eigenvalue weighted by Crippen LogP contribution is 2.06. The first kappa shape index (κ1) is 7.00. The van der Waals surface area contributed by atoms with Crippen LogP contribution in [-0.2, 0) is 6.67 Å². The summed E-state index contributed by atoms with van der Waals surface area (Å²) in [7, 11) is 0. The third-order valence-corrected chi connectivity index (χ3v) is 1.34. The van der Waals surface area contributed by atoms with Gasteiger partial charge in [-0.15, -0.1) is 0 Å². The summed E-state index contributed by atoms with van der Waals surface area (Å²) in [5.41, 5.74) is 1.67. The molecule has 1 heteroatoms. The Labute approximate surface area is 60.0 Å². The Bertz CT molecular complexity index is 228. The van der Waals surface area contributed by atoms with Crippen LogP contribution in [0.1, 0.15) is 11.1 Å². The van der Waals surface area contributed by atoms with Gasteiger partial charge < -0.3 is 0 Å². The number of alkyl halides is 1. The standard InChI is InChI=1S/C9H9F/c1-2-8-4-3-5-9(6-8)7-10/h2-6H,1,7H2. The molecule has 0 amide bonds. The first-order valence-corrected chi connectivity index (χ1v) is 3.14. The minimum absolute atomic E-state index is 0.401. The summed E-state index contributed by atoms with van der Waals surface area (Å²) in [5, 5.41) is 0. The normalized spacial score (nSPS) is 9.30. The van der Waals surface area contributed by atoms with Gasteiger partial charge in [0.05, 0.1) is 0 Å². The quantitative estimate of drug-likeness (QED) is 0.586. The van der Waals surface area contributed by atoms with Gasteiger partial charge in [0.15, 0.2) is 0 Å². The molecule has 10 heavy (non-hydrogen) atoms. The van der Waals surface area contributed by atoms with E-state index >= 15 is 0 Å². The fraction of sp³-hybridized carbons (Fsp3) is 0.111. The molecular formula is C9H9F. The zero-order chi connectivity index (χ0) is 7.40. The summed E-state index contributed by atoms with van der Waals surface area (Å²) in [6.45, 7) is 3.18. The molecule has 0 aliphatic rings. The third-order valence-electron chi connectivity index (χ3n) is 1.34. The molecule has 0 bridgehead atoms. The van der Waals surface area contributed by atoms with Gasteiger partial charge in [-0.25, -0.2) is 4.39 Å². The molecule has 0 saturated carbocycles. The highest BCUT2D eigenvalue weighted by Gasteiger charge is 1.89. The van der Waals surface area contributed by atoms with E-state index in [1.807, 2.05) is 12.1 Å². The van der Waals surface area contributed by atoms with Crippen molar-refractivity contribution in [2.45, 2.75) is 6.67 Å². The average molecular weight is 136 g/mol. The number of rotatable bonds is 2. The van der Waals surface area contributed by atoms with Crippen LogP contribution in [0, 0.1) is 0 Å². The summed E-state index contributed by atoms with van der Waals surface area (Å²) < 4.78 is 12.0. The van der Waals surface area contributed by atoms with E-state index in [1.165, 1.54) is 0 Å². The van der Waals surface area contributed by atoms with Crippen LogP contribution in [0.25, 0.3) is 6.08 Å². The molecule has 1 aromatic carbocycles. The van der Waals surface area contributed by atoms with Crippen molar-refractivity contribution in [1.29, 1.82) is 0 Å². The van der Waals surface area contributed by atoms with E-state index in [-0.39, 0.29) is 0 Å². The predicted molar refractivity (Wildman–Crippen MR) is 41.3 cm³/mol. The molecule has 52 valence electrons. The SMILES string of the molecule is C=Cc1cccc(CF)c1. The van der Waals surface area contributed by atoms with E-state index in [0.29, 0.717) is 5.56 Å². The lowest BCUT2D eigenvalue weighted by molar-refractivity contribution is 0.485. The Morgan fingerprint density at radius 3 is 2.90 bits per heavy atom. The molecule has 1 aromatic rings. The number of hydrogen-bond donors (Lipinski definition) is 0. The van der Waals surface area contributed by atoms with Gasteiger partial charge in [0.2, 0.25) is 0 Å². The maximum absolute atomic E-state index is 12.0. The second kappa shape index (κ2) is 3.16. The molecule has 1 rings (SSSR count). The van der Waals surface area contributed by atoms with E-state index in [4.69, 9.17) is 0 Å². The molecule has 0 N–H and O–H groups in total. The van der Waals surface area contributed by atoms with Crippen molar-refractivity contribution in [3.63, 3.8) is 0 Å². The van der Waals surface area contributed by atoms with Gasteiger partial charge in [0, 0.05) is 0 Å². The smallest absolute Gasteiger partial charge is 0.115 e. The summed E-state index contributed by atoms with van der Waals surface area (Å²) in [6.07, 6.45) is 1.71. The van der Waals surface area contributed by atoms with Gasteiger partial charge in [-0.2, -0.15) is 0 Å². The van der Waals surface area contributed by atoms with Crippen LogP contribution in [0.15, 0.2) is 30.8 Å². The van der Waals surface area contributed by atoms with Gasteiger partial charge in [0.1, 0.15) is 6.67 Å². The zero-order valence-electron chi connectivity index (χ0n) is 5.68. The van der Waals surface area contributed by atoms with E-state index in [0.717, 1.165) is 5.56 Å². The topological polar surface area (TPSA) is 0 Å². The molecule has 0 nitrogen and oxygen atoms in total. The molecule has 0 aliphatic heterocycles. The van der Waals surface area contributed by atoms with Crippen LogP contribution in [0.4, 0.5) is 4.39 Å². The number of hydrogen-bond acceptors (Lipinski definition) is 0. The lowest BCUT2D eigenvalue weighted by atomic mass is 10.1. The minimum atomic E-state index is -0.401. The van der Waals surface area contributed by atoms with E-state index in [2.05, 4.69) is 6.58 Å². The highest BCUT2D eigenvalue weighted by atomic mass is 19.1. The van der Waals surface area contributed by atoms with Crippen molar-refractivity contribution in [3.8, 4) is 0 Å². The van der Waals surface area contributed by atoms with Gasteiger partial charge >= 0.3 is 0 Å². The highest BCUT2D eigenvalue weighted by molar-refractivity contribution is 5.47. The lowest BCUT2D eigenvalue weighted by Crippen LogP contribution is -1.78. The summed E-state index contributed by atoms with van der Waals surface area (Å²) in [5.74, 6) is 0. The summed E-state index contributed by atoms with van der Waals surface area (Å²) in [6, 6.07) is 7.26. The zero-order valence-corrected chi connectivity index (χ0v) is 5.68. The Morgan fingerprint density at radius 2 is 2.30 bits per heavy atom. The van der Waals surface area contributed by atoms with E-state index in [1.54, 1.807) is 18.2 Å². The monoisotopic (exact) mass is 136 g/mol. The molecule has 0 unspecified atom stereocenters. The first-order chi connectivity index (χ1) is 4.86. The predicted octanol–water partition coefficient (Wildman–Crippen LogP) is 2.80. The van der Waals surface area contributed by atoms with E-state index in [9.17, 15) is 4.39 Å². The van der Waals surface area contributed by atoms with Crippen LogP contribution in [0.5, 0.6) is 0 Å². The van der Waals surface area contributed by atoms with Crippen molar-refractivity contribution >= 4 is 6.08 Å². The summed E-state index contributed by atoms with van der Waals surface area (Å²) >= 11 is 0. The molecule has 0 radical (unpaired) electrons. The third kappa shape index (κ3) is 1.44. The molecule has 0 fully saturated rings. The van der Waals surface area contributed by atoms with Crippen molar-refractivity contribution < 1.29 is 4.39 Å². The Kier molecular flexibility index (Phi) is 2.21. The van der Waals surface area contributed by atoms with Crippen LogP contribution in [0.2, 0.25) is 0 Å². The van der Waals surface area contributed by atoms with Crippen molar-refractivity contribution in [2.24, 2.45) is 0 Å². The Morgan fingerprint density at radius 1 is 1.50 bits per heavy atom. The molecular weight excluding hydrogens is 127 g/mol. The van der Waals surface area contributed by atoms with Crippen LogP contribution >= 0.6 is 0 Å². The van der Waals surface area contributed by atoms with Gasteiger partial charge in [-0.3, -0.25) is 0 Å². The Balaban J connectivity index is 2.98. The minimum Gasteiger partial charge on any atom is -0.246 e. The molecule has 0 spiro atoms. The van der Waals surface area contributed by atoms with Crippen LogP contribution in [0.3, 0.4) is 0 Å². The lowest BCUT2D eigenvalue weighted by Gasteiger charge is -1.94. The van der Waals surface area contributed by atoms with Gasteiger partial charge in [-0.1, -0.05) is 30.9 Å². The fourth-order valence-electron chi connectivity index (χ4n) is 0.803. The second-order valence-electron chi connectivity index (χ2n) is 2.08. The maximum atomic E-state index is 12.0. The second-order valence-corrected chi connectivity index (χ2v) is 2.08. The van der Waals surface area contributed by atoms with E-state index < -0.39 is 6.67 Å². The Hall–Kier alpha value is -1.11. The molecule has 0 aromatic heterocycles. The van der Waals surface area contributed by atoms with Crippen molar-refractivity contribution in [2.75, 3.05) is 0 Å². The summed E-state index contributed by atoms with van der Waals surface area (Å²) in [4.78, 5) is 0. The molecule has 0 heterocycles. The van der Waals surface area contributed by atoms with Crippen molar-refractivity contribution in [3.05, 3.63) is 42.0 Å².